The molecule has 1 aromatic carbocycles. The van der Waals surface area contributed by atoms with E-state index in [-0.39, 0.29) is 23.6 Å². The molecule has 1 rings (SSSR count). The fourth-order valence-corrected chi connectivity index (χ4v) is 1.55. The number of carbonyl (C=O) groups is 2. The number of rotatable bonds is 7. The summed E-state index contributed by atoms with van der Waals surface area (Å²) < 4.78 is 0. The first-order valence-corrected chi connectivity index (χ1v) is 5.34. The summed E-state index contributed by atoms with van der Waals surface area (Å²) in [6, 6.07) is 7.21. The molecular formula is C13H13CuNO4. The van der Waals surface area contributed by atoms with Gasteiger partial charge in [-0.05, 0) is 11.1 Å². The van der Waals surface area contributed by atoms with Crippen molar-refractivity contribution < 1.29 is 36.9 Å². The van der Waals surface area contributed by atoms with Gasteiger partial charge in [-0.1, -0.05) is 36.9 Å². The van der Waals surface area contributed by atoms with E-state index in [1.807, 2.05) is 12.1 Å². The SMILES string of the molecule is C=Cc1ccc(CN(CC(=O)[O-])CC(=O)[O-])cc1.[Cu+2]. The van der Waals surface area contributed by atoms with Crippen molar-refractivity contribution in [2.45, 2.75) is 6.54 Å². The standard InChI is InChI=1S/C13H15NO4.Cu/c1-2-10-3-5-11(6-4-10)7-14(8-12(15)16)9-13(17)18;/h2-6H,1,7-9H2,(H,15,16)(H,17,18);/q;+2/p-2. The van der Waals surface area contributed by atoms with Gasteiger partial charge >= 0.3 is 17.1 Å². The van der Waals surface area contributed by atoms with Crippen molar-refractivity contribution in [2.24, 2.45) is 0 Å². The zero-order valence-electron chi connectivity index (χ0n) is 10.1. The van der Waals surface area contributed by atoms with Gasteiger partial charge in [0.1, 0.15) is 0 Å². The predicted molar refractivity (Wildman–Crippen MR) is 61.8 cm³/mol. The first-order valence-electron chi connectivity index (χ1n) is 5.34. The minimum absolute atomic E-state index is 0. The van der Waals surface area contributed by atoms with E-state index in [9.17, 15) is 19.8 Å². The molecule has 1 aromatic rings. The van der Waals surface area contributed by atoms with Gasteiger partial charge in [0.15, 0.2) is 0 Å². The molecular weight excluding hydrogens is 298 g/mol. The van der Waals surface area contributed by atoms with Crippen LogP contribution in [0.4, 0.5) is 0 Å². The third kappa shape index (κ3) is 6.76. The molecule has 105 valence electrons. The van der Waals surface area contributed by atoms with Gasteiger partial charge in [-0.25, -0.2) is 0 Å². The Balaban J connectivity index is 0.00000324. The van der Waals surface area contributed by atoms with Gasteiger partial charge in [-0.3, -0.25) is 4.90 Å². The van der Waals surface area contributed by atoms with E-state index < -0.39 is 25.0 Å². The van der Waals surface area contributed by atoms with E-state index in [4.69, 9.17) is 0 Å². The molecule has 0 aromatic heterocycles. The van der Waals surface area contributed by atoms with Crippen LogP contribution in [-0.2, 0) is 33.2 Å². The quantitative estimate of drug-likeness (QED) is 0.580. The molecule has 0 saturated heterocycles. The number of benzene rings is 1. The molecule has 0 aliphatic heterocycles. The molecule has 0 saturated carbocycles. The summed E-state index contributed by atoms with van der Waals surface area (Å²) in [5.41, 5.74) is 1.74. The van der Waals surface area contributed by atoms with E-state index in [1.165, 1.54) is 4.90 Å². The summed E-state index contributed by atoms with van der Waals surface area (Å²) >= 11 is 0. The van der Waals surface area contributed by atoms with Crippen LogP contribution >= 0.6 is 0 Å². The second-order valence-electron chi connectivity index (χ2n) is 3.83. The first kappa shape index (κ1) is 17.4. The van der Waals surface area contributed by atoms with Gasteiger partial charge in [0.25, 0.3) is 0 Å². The third-order valence-electron chi connectivity index (χ3n) is 2.33. The number of hydrogen-bond acceptors (Lipinski definition) is 5. The zero-order valence-corrected chi connectivity index (χ0v) is 11.0. The molecule has 5 nitrogen and oxygen atoms in total. The van der Waals surface area contributed by atoms with E-state index >= 15 is 0 Å². The molecule has 0 heterocycles. The summed E-state index contributed by atoms with van der Waals surface area (Å²) in [4.78, 5) is 22.2. The van der Waals surface area contributed by atoms with E-state index in [0.29, 0.717) is 0 Å². The smallest absolute Gasteiger partial charge is 0.549 e. The van der Waals surface area contributed by atoms with Gasteiger partial charge in [-0.15, -0.1) is 0 Å². The minimum atomic E-state index is -1.32. The molecule has 0 spiro atoms. The van der Waals surface area contributed by atoms with Crippen LogP contribution in [0, 0.1) is 0 Å². The molecule has 0 atom stereocenters. The fraction of sp³-hybridized carbons (Fsp3) is 0.231. The number of carbonyl (C=O) groups excluding carboxylic acids is 2. The van der Waals surface area contributed by atoms with E-state index in [1.54, 1.807) is 18.2 Å². The van der Waals surface area contributed by atoms with Crippen molar-refractivity contribution >= 4 is 18.0 Å². The first-order chi connectivity index (χ1) is 8.51. The van der Waals surface area contributed by atoms with Crippen LogP contribution in [0.1, 0.15) is 11.1 Å². The summed E-state index contributed by atoms with van der Waals surface area (Å²) in [7, 11) is 0. The van der Waals surface area contributed by atoms with Crippen LogP contribution in [0.15, 0.2) is 30.8 Å². The molecule has 0 fully saturated rings. The van der Waals surface area contributed by atoms with Gasteiger partial charge in [-0.2, -0.15) is 0 Å². The van der Waals surface area contributed by atoms with Crippen molar-refractivity contribution in [3.05, 3.63) is 42.0 Å². The molecule has 0 amide bonds. The molecule has 6 heteroatoms. The minimum Gasteiger partial charge on any atom is -0.549 e. The molecule has 19 heavy (non-hydrogen) atoms. The zero-order chi connectivity index (χ0) is 13.5. The summed E-state index contributed by atoms with van der Waals surface area (Å²) in [5, 5.41) is 21.0. The Morgan fingerprint density at radius 3 is 1.95 bits per heavy atom. The van der Waals surface area contributed by atoms with Gasteiger partial charge in [0, 0.05) is 19.6 Å². The Hall–Kier alpha value is -1.62. The van der Waals surface area contributed by atoms with Crippen LogP contribution in [0.25, 0.3) is 6.08 Å². The second kappa shape index (κ2) is 8.48. The summed E-state index contributed by atoms with van der Waals surface area (Å²) in [5.74, 6) is -2.64. The molecule has 0 aliphatic carbocycles. The molecule has 0 N–H and O–H groups in total. The Morgan fingerprint density at radius 2 is 1.58 bits per heavy atom. The van der Waals surface area contributed by atoms with Crippen molar-refractivity contribution in [2.75, 3.05) is 13.1 Å². The van der Waals surface area contributed by atoms with Gasteiger partial charge in [0.2, 0.25) is 0 Å². The maximum atomic E-state index is 10.5. The maximum Gasteiger partial charge on any atom is 2.00 e. The van der Waals surface area contributed by atoms with Gasteiger partial charge < -0.3 is 19.8 Å². The Labute approximate surface area is 122 Å². The molecule has 0 bridgehead atoms. The second-order valence-corrected chi connectivity index (χ2v) is 3.83. The van der Waals surface area contributed by atoms with Crippen LogP contribution in [0.2, 0.25) is 0 Å². The van der Waals surface area contributed by atoms with Crippen LogP contribution < -0.4 is 10.2 Å². The summed E-state index contributed by atoms with van der Waals surface area (Å²) in [6.07, 6.45) is 1.68. The number of nitrogens with zero attached hydrogens (tertiary/aromatic N) is 1. The van der Waals surface area contributed by atoms with Crippen molar-refractivity contribution in [3.8, 4) is 0 Å². The monoisotopic (exact) mass is 310 g/mol. The Bertz CT molecular complexity index is 428. The van der Waals surface area contributed by atoms with Crippen LogP contribution in [-0.4, -0.2) is 29.9 Å². The topological polar surface area (TPSA) is 83.5 Å². The van der Waals surface area contributed by atoms with E-state index in [0.717, 1.165) is 11.1 Å². The van der Waals surface area contributed by atoms with Crippen molar-refractivity contribution in [3.63, 3.8) is 0 Å². The third-order valence-corrected chi connectivity index (χ3v) is 2.33. The number of carboxylic acid groups (broad SMARTS) is 2. The van der Waals surface area contributed by atoms with E-state index in [2.05, 4.69) is 6.58 Å². The Kier molecular flexibility index (Phi) is 7.75. The average Bonchev–Trinajstić information content (AvgIpc) is 2.28. The van der Waals surface area contributed by atoms with Crippen LogP contribution in [0.3, 0.4) is 0 Å². The number of carboxylic acids is 2. The van der Waals surface area contributed by atoms with Crippen molar-refractivity contribution in [1.29, 1.82) is 0 Å². The largest absolute Gasteiger partial charge is 2.00 e. The van der Waals surface area contributed by atoms with Crippen LogP contribution in [0.5, 0.6) is 0 Å². The maximum absolute atomic E-state index is 10.5. The molecule has 1 radical (unpaired) electrons. The number of aliphatic carboxylic acids is 2. The fourth-order valence-electron chi connectivity index (χ4n) is 1.55. The molecule has 0 unspecified atom stereocenters. The summed E-state index contributed by atoms with van der Waals surface area (Å²) in [6.45, 7) is 2.93. The van der Waals surface area contributed by atoms with Gasteiger partial charge in [0.05, 0.1) is 11.9 Å². The average molecular weight is 311 g/mol. The number of hydrogen-bond donors (Lipinski definition) is 0. The predicted octanol–water partition coefficient (Wildman–Crippen LogP) is -1.37. The Morgan fingerprint density at radius 1 is 1.11 bits per heavy atom. The normalized spacial score (nSPS) is 9.74. The van der Waals surface area contributed by atoms with Crippen molar-refractivity contribution in [1.82, 2.24) is 4.90 Å². The molecule has 0 aliphatic rings.